The molecule has 0 spiro atoms. The SMILES string of the molecule is CC(C)(C)c1nc(-c2nnc[nH]2)ns1. The van der Waals surface area contributed by atoms with E-state index in [9.17, 15) is 0 Å². The molecule has 0 aliphatic heterocycles. The highest BCUT2D eigenvalue weighted by Crippen LogP contribution is 2.25. The van der Waals surface area contributed by atoms with Crippen molar-refractivity contribution in [3.8, 4) is 11.6 Å². The molecule has 0 aliphatic carbocycles. The lowest BCUT2D eigenvalue weighted by molar-refractivity contribution is 0.586. The summed E-state index contributed by atoms with van der Waals surface area (Å²) in [5, 5.41) is 8.55. The summed E-state index contributed by atoms with van der Waals surface area (Å²) in [5.41, 5.74) is 0.0376. The van der Waals surface area contributed by atoms with E-state index in [0.717, 1.165) is 5.01 Å². The molecule has 6 heteroatoms. The van der Waals surface area contributed by atoms with E-state index in [-0.39, 0.29) is 5.41 Å². The standard InChI is InChI=1S/C8H11N5S/c1-8(2,3)7-11-6(13-14-7)5-9-4-10-12-5/h4H,1-3H3,(H,9,10,12). The normalized spacial score (nSPS) is 11.9. The van der Waals surface area contributed by atoms with E-state index < -0.39 is 0 Å². The summed E-state index contributed by atoms with van der Waals surface area (Å²) in [7, 11) is 0. The van der Waals surface area contributed by atoms with Crippen LogP contribution >= 0.6 is 11.5 Å². The second kappa shape index (κ2) is 3.13. The molecule has 0 unspecified atom stereocenters. The van der Waals surface area contributed by atoms with Crippen LogP contribution in [0.4, 0.5) is 0 Å². The quantitative estimate of drug-likeness (QED) is 0.775. The van der Waals surface area contributed by atoms with Crippen molar-refractivity contribution in [2.45, 2.75) is 26.2 Å². The maximum Gasteiger partial charge on any atom is 0.210 e. The van der Waals surface area contributed by atoms with E-state index in [1.807, 2.05) is 0 Å². The highest BCUT2D eigenvalue weighted by atomic mass is 32.1. The zero-order chi connectivity index (χ0) is 10.2. The second-order valence-electron chi connectivity index (χ2n) is 4.01. The van der Waals surface area contributed by atoms with E-state index in [1.54, 1.807) is 0 Å². The van der Waals surface area contributed by atoms with Crippen molar-refractivity contribution in [3.05, 3.63) is 11.3 Å². The molecule has 0 aliphatic rings. The van der Waals surface area contributed by atoms with Crippen LogP contribution < -0.4 is 0 Å². The predicted molar refractivity (Wildman–Crippen MR) is 54.0 cm³/mol. The third kappa shape index (κ3) is 1.65. The van der Waals surface area contributed by atoms with Gasteiger partial charge in [-0.15, -0.1) is 10.2 Å². The summed E-state index contributed by atoms with van der Waals surface area (Å²) in [6.07, 6.45) is 1.52. The van der Waals surface area contributed by atoms with Crippen molar-refractivity contribution in [1.82, 2.24) is 24.5 Å². The van der Waals surface area contributed by atoms with Crippen molar-refractivity contribution in [2.24, 2.45) is 0 Å². The van der Waals surface area contributed by atoms with Gasteiger partial charge in [-0.3, -0.25) is 0 Å². The van der Waals surface area contributed by atoms with Crippen LogP contribution in [0.3, 0.4) is 0 Å². The van der Waals surface area contributed by atoms with Crippen LogP contribution in [0.15, 0.2) is 6.33 Å². The minimum Gasteiger partial charge on any atom is -0.325 e. The fourth-order valence-electron chi connectivity index (χ4n) is 0.939. The Hall–Kier alpha value is -1.30. The predicted octanol–water partition coefficient (Wildman–Crippen LogP) is 1.62. The van der Waals surface area contributed by atoms with Crippen LogP contribution in [0.5, 0.6) is 0 Å². The number of hydrogen-bond acceptors (Lipinski definition) is 5. The van der Waals surface area contributed by atoms with Crippen molar-refractivity contribution in [1.29, 1.82) is 0 Å². The van der Waals surface area contributed by atoms with Gasteiger partial charge in [0.1, 0.15) is 11.3 Å². The molecule has 5 nitrogen and oxygen atoms in total. The topological polar surface area (TPSA) is 67.3 Å². The van der Waals surface area contributed by atoms with Crippen molar-refractivity contribution >= 4 is 11.5 Å². The molecule has 2 rings (SSSR count). The first-order valence-corrected chi connectivity index (χ1v) is 5.05. The molecule has 2 aromatic heterocycles. The number of rotatable bonds is 1. The summed E-state index contributed by atoms with van der Waals surface area (Å²) >= 11 is 1.41. The molecule has 0 amide bonds. The van der Waals surface area contributed by atoms with Gasteiger partial charge in [0.2, 0.25) is 5.82 Å². The van der Waals surface area contributed by atoms with Crippen LogP contribution in [0.1, 0.15) is 25.8 Å². The lowest BCUT2D eigenvalue weighted by atomic mass is 9.98. The molecule has 2 aromatic rings. The van der Waals surface area contributed by atoms with Gasteiger partial charge < -0.3 is 4.98 Å². The fourth-order valence-corrected chi connectivity index (χ4v) is 1.64. The molecular formula is C8H11N5S. The van der Waals surface area contributed by atoms with Gasteiger partial charge in [-0.05, 0) is 11.5 Å². The Balaban J connectivity index is 2.36. The minimum atomic E-state index is 0.0376. The number of aromatic amines is 1. The van der Waals surface area contributed by atoms with Gasteiger partial charge in [0.05, 0.1) is 0 Å². The Morgan fingerprint density at radius 1 is 1.36 bits per heavy atom. The van der Waals surface area contributed by atoms with Crippen molar-refractivity contribution in [3.63, 3.8) is 0 Å². The molecule has 74 valence electrons. The van der Waals surface area contributed by atoms with Gasteiger partial charge in [-0.2, -0.15) is 4.37 Å². The monoisotopic (exact) mass is 209 g/mol. The molecule has 0 saturated carbocycles. The second-order valence-corrected chi connectivity index (χ2v) is 4.76. The Labute approximate surface area is 85.8 Å². The van der Waals surface area contributed by atoms with Gasteiger partial charge >= 0.3 is 0 Å². The minimum absolute atomic E-state index is 0.0376. The van der Waals surface area contributed by atoms with Crippen LogP contribution in [0, 0.1) is 0 Å². The summed E-state index contributed by atoms with van der Waals surface area (Å²) in [5.74, 6) is 1.24. The van der Waals surface area contributed by atoms with E-state index in [1.165, 1.54) is 17.9 Å². The first-order chi connectivity index (χ1) is 6.57. The third-order valence-corrected chi connectivity index (χ3v) is 2.84. The highest BCUT2D eigenvalue weighted by Gasteiger charge is 2.20. The van der Waals surface area contributed by atoms with Crippen molar-refractivity contribution < 1.29 is 0 Å². The van der Waals surface area contributed by atoms with Crippen molar-refractivity contribution in [2.75, 3.05) is 0 Å². The number of aromatic nitrogens is 5. The zero-order valence-corrected chi connectivity index (χ0v) is 9.09. The summed E-state index contributed by atoms with van der Waals surface area (Å²) < 4.78 is 4.22. The van der Waals surface area contributed by atoms with Crippen LogP contribution in [-0.2, 0) is 5.41 Å². The first kappa shape index (κ1) is 9.26. The smallest absolute Gasteiger partial charge is 0.210 e. The van der Waals surface area contributed by atoms with Crippen LogP contribution in [-0.4, -0.2) is 24.5 Å². The Morgan fingerprint density at radius 2 is 2.14 bits per heavy atom. The maximum absolute atomic E-state index is 4.40. The van der Waals surface area contributed by atoms with E-state index in [4.69, 9.17) is 0 Å². The van der Waals surface area contributed by atoms with Gasteiger partial charge in [0.15, 0.2) is 5.82 Å². The maximum atomic E-state index is 4.40. The van der Waals surface area contributed by atoms with E-state index >= 15 is 0 Å². The largest absolute Gasteiger partial charge is 0.325 e. The van der Waals surface area contributed by atoms with E-state index in [2.05, 4.69) is 45.3 Å². The van der Waals surface area contributed by atoms with Gasteiger partial charge in [0.25, 0.3) is 0 Å². The van der Waals surface area contributed by atoms with Crippen LogP contribution in [0.25, 0.3) is 11.6 Å². The summed E-state index contributed by atoms with van der Waals surface area (Å²) in [6.45, 7) is 6.33. The Bertz CT molecular complexity index is 411. The van der Waals surface area contributed by atoms with Gasteiger partial charge in [0, 0.05) is 5.41 Å². The molecular weight excluding hydrogens is 198 g/mol. The molecule has 0 atom stereocenters. The van der Waals surface area contributed by atoms with Gasteiger partial charge in [-0.25, -0.2) is 4.98 Å². The average molecular weight is 209 g/mol. The lowest BCUT2D eigenvalue weighted by Gasteiger charge is -2.12. The molecule has 0 fully saturated rings. The molecule has 0 radical (unpaired) electrons. The number of hydrogen-bond donors (Lipinski definition) is 1. The van der Waals surface area contributed by atoms with Crippen LogP contribution in [0.2, 0.25) is 0 Å². The number of nitrogens with zero attached hydrogens (tertiary/aromatic N) is 4. The molecule has 14 heavy (non-hydrogen) atoms. The highest BCUT2D eigenvalue weighted by molar-refractivity contribution is 7.05. The summed E-state index contributed by atoms with van der Waals surface area (Å²) in [6, 6.07) is 0. The van der Waals surface area contributed by atoms with Gasteiger partial charge in [-0.1, -0.05) is 20.8 Å². The average Bonchev–Trinajstić information content (AvgIpc) is 2.73. The molecule has 0 bridgehead atoms. The van der Waals surface area contributed by atoms with E-state index in [0.29, 0.717) is 11.6 Å². The fraction of sp³-hybridized carbons (Fsp3) is 0.500. The lowest BCUT2D eigenvalue weighted by Crippen LogP contribution is -2.10. The molecule has 0 aromatic carbocycles. The third-order valence-electron chi connectivity index (χ3n) is 1.70. The number of H-pyrrole nitrogens is 1. The zero-order valence-electron chi connectivity index (χ0n) is 8.27. The first-order valence-electron chi connectivity index (χ1n) is 4.28. The Morgan fingerprint density at radius 3 is 2.64 bits per heavy atom. The summed E-state index contributed by atoms with van der Waals surface area (Å²) in [4.78, 5) is 7.28. The number of nitrogens with one attached hydrogen (secondary N) is 1. The molecule has 1 N–H and O–H groups in total. The Kier molecular flexibility index (Phi) is 2.07. The molecule has 2 heterocycles. The molecule has 0 saturated heterocycles.